The maximum Gasteiger partial charge on any atom is 1.00 e. The van der Waals surface area contributed by atoms with Gasteiger partial charge in [0.1, 0.15) is 0 Å². The summed E-state index contributed by atoms with van der Waals surface area (Å²) in [5.74, 6) is -2.87. The first kappa shape index (κ1) is 23.0. The molecule has 25 heavy (non-hydrogen) atoms. The van der Waals surface area contributed by atoms with Gasteiger partial charge in [-0.2, -0.15) is 0 Å². The van der Waals surface area contributed by atoms with Gasteiger partial charge in [-0.25, -0.2) is 13.6 Å². The molecule has 0 atom stereocenters. The summed E-state index contributed by atoms with van der Waals surface area (Å²) >= 11 is 0. The molecule has 1 amide bonds. The molecule has 0 fully saturated rings. The van der Waals surface area contributed by atoms with E-state index in [1.807, 2.05) is 0 Å². The van der Waals surface area contributed by atoms with E-state index in [1.165, 1.54) is 24.3 Å². The Morgan fingerprint density at radius 3 is 1.92 bits per heavy atom. The summed E-state index contributed by atoms with van der Waals surface area (Å²) in [4.78, 5) is 34.2. The number of amides is 1. The number of carboxylic acid groups (broad SMARTS) is 2. The maximum atomic E-state index is 11.9. The monoisotopic (exact) mass is 422 g/mol. The van der Waals surface area contributed by atoms with Gasteiger partial charge >= 0.3 is 29.0 Å². The van der Waals surface area contributed by atoms with E-state index in [1.54, 1.807) is 0 Å². The van der Waals surface area contributed by atoms with Gasteiger partial charge in [0, 0.05) is 18.7 Å². The standard InChI is InChI=1S/C13H17N3O7S.Cu/c14-24(22,23)10-3-1-9(2-4-10)13(21)15-5-6-16(7-11(17)18)8-12(19)20;/h1-4H,5-8H2,(H,15,21)(H,17,18)(H,19,20)(H2,14,22,23);/q;+1. The molecule has 0 aliphatic carbocycles. The van der Waals surface area contributed by atoms with Gasteiger partial charge in [-0.1, -0.05) is 0 Å². The minimum atomic E-state index is -3.85. The van der Waals surface area contributed by atoms with Crippen LogP contribution in [0, 0.1) is 0 Å². The average molecular weight is 423 g/mol. The summed E-state index contributed by atoms with van der Waals surface area (Å²) in [5.41, 5.74) is 0.186. The van der Waals surface area contributed by atoms with Crippen LogP contribution in [0.1, 0.15) is 10.4 Å². The van der Waals surface area contributed by atoms with Gasteiger partial charge in [0.15, 0.2) is 0 Å². The molecule has 0 bridgehead atoms. The molecule has 0 aliphatic heterocycles. The van der Waals surface area contributed by atoms with E-state index < -0.39 is 41.0 Å². The van der Waals surface area contributed by atoms with E-state index in [0.29, 0.717) is 0 Å². The van der Waals surface area contributed by atoms with Gasteiger partial charge < -0.3 is 15.5 Å². The van der Waals surface area contributed by atoms with E-state index in [0.717, 1.165) is 4.90 Å². The molecule has 0 spiro atoms. The van der Waals surface area contributed by atoms with Crippen molar-refractivity contribution in [2.24, 2.45) is 5.14 Å². The van der Waals surface area contributed by atoms with Crippen LogP contribution in [0.15, 0.2) is 29.2 Å². The Labute approximate surface area is 154 Å². The number of hydrogen-bond donors (Lipinski definition) is 4. The molecule has 0 aromatic heterocycles. The average Bonchev–Trinajstić information content (AvgIpc) is 2.45. The second-order valence-corrected chi connectivity index (χ2v) is 6.38. The van der Waals surface area contributed by atoms with Crippen molar-refractivity contribution in [3.8, 4) is 0 Å². The molecule has 5 N–H and O–H groups in total. The number of primary sulfonamides is 1. The molecule has 1 rings (SSSR count). The Balaban J connectivity index is 0.00000576. The molecule has 0 saturated heterocycles. The van der Waals surface area contributed by atoms with Gasteiger partial charge in [-0.15, -0.1) is 0 Å². The van der Waals surface area contributed by atoms with Crippen molar-refractivity contribution in [1.82, 2.24) is 10.2 Å². The Hall–Kier alpha value is -1.98. The Kier molecular flexibility index (Phi) is 9.31. The summed E-state index contributed by atoms with van der Waals surface area (Å²) in [6, 6.07) is 4.93. The number of carbonyl (C=O) groups excluding carboxylic acids is 1. The molecule has 0 aliphatic rings. The maximum absolute atomic E-state index is 11.9. The molecule has 0 saturated carbocycles. The van der Waals surface area contributed by atoms with Crippen LogP contribution in [0.2, 0.25) is 0 Å². The number of nitrogens with one attached hydrogen (secondary N) is 1. The predicted octanol–water partition coefficient (Wildman–Crippen LogP) is -1.47. The molecule has 142 valence electrons. The van der Waals surface area contributed by atoms with Gasteiger partial charge in [-0.05, 0) is 24.3 Å². The SMILES string of the molecule is NS(=O)(=O)c1ccc(C(=O)NCCN(CC(=O)O)CC(=O)O)cc1.[Cu+]. The Morgan fingerprint density at radius 2 is 1.52 bits per heavy atom. The zero-order valence-corrected chi connectivity index (χ0v) is 14.6. The van der Waals surface area contributed by atoms with Crippen molar-refractivity contribution >= 4 is 27.9 Å². The smallest absolute Gasteiger partial charge is 0.480 e. The third-order valence-electron chi connectivity index (χ3n) is 2.88. The Bertz CT molecular complexity index is 706. The molecule has 0 unspecified atom stereocenters. The number of carboxylic acids is 2. The molecule has 12 heteroatoms. The van der Waals surface area contributed by atoms with Crippen LogP contribution in [0.5, 0.6) is 0 Å². The molecular formula is C13H17CuN3O7S+. The van der Waals surface area contributed by atoms with Crippen LogP contribution in [0.3, 0.4) is 0 Å². The van der Waals surface area contributed by atoms with E-state index in [4.69, 9.17) is 15.4 Å². The van der Waals surface area contributed by atoms with Crippen LogP contribution in [0.25, 0.3) is 0 Å². The van der Waals surface area contributed by atoms with E-state index in [2.05, 4.69) is 5.32 Å². The molecule has 10 nitrogen and oxygen atoms in total. The third-order valence-corrected chi connectivity index (χ3v) is 3.81. The minimum Gasteiger partial charge on any atom is -0.480 e. The second-order valence-electron chi connectivity index (χ2n) is 4.82. The van der Waals surface area contributed by atoms with Crippen LogP contribution in [-0.4, -0.2) is 67.6 Å². The largest absolute Gasteiger partial charge is 1.00 e. The Morgan fingerprint density at radius 1 is 1.04 bits per heavy atom. The molecule has 1 aromatic carbocycles. The first-order valence-corrected chi connectivity index (χ1v) is 8.21. The van der Waals surface area contributed by atoms with Gasteiger partial charge in [-0.3, -0.25) is 19.3 Å². The summed E-state index contributed by atoms with van der Waals surface area (Å²) in [6.45, 7) is -0.883. The first-order valence-electron chi connectivity index (χ1n) is 6.66. The number of benzene rings is 1. The molecule has 1 aromatic rings. The number of rotatable bonds is 9. The normalized spacial score (nSPS) is 10.8. The predicted molar refractivity (Wildman–Crippen MR) is 81.9 cm³/mol. The number of hydrogen-bond acceptors (Lipinski definition) is 6. The van der Waals surface area contributed by atoms with Crippen LogP contribution >= 0.6 is 0 Å². The van der Waals surface area contributed by atoms with Gasteiger partial charge in [0.2, 0.25) is 10.0 Å². The third kappa shape index (κ3) is 8.61. The quantitative estimate of drug-likeness (QED) is 0.350. The number of carbonyl (C=O) groups is 3. The van der Waals surface area contributed by atoms with Crippen molar-refractivity contribution in [3.63, 3.8) is 0 Å². The van der Waals surface area contributed by atoms with Gasteiger partial charge in [0.25, 0.3) is 5.91 Å². The van der Waals surface area contributed by atoms with E-state index in [9.17, 15) is 22.8 Å². The fraction of sp³-hybridized carbons (Fsp3) is 0.308. The summed E-state index contributed by atoms with van der Waals surface area (Å²) < 4.78 is 22.2. The van der Waals surface area contributed by atoms with Crippen molar-refractivity contribution in [3.05, 3.63) is 29.8 Å². The number of aliphatic carboxylic acids is 2. The summed E-state index contributed by atoms with van der Waals surface area (Å²) in [6.07, 6.45) is 0. The van der Waals surface area contributed by atoms with E-state index in [-0.39, 0.29) is 40.6 Å². The number of sulfonamides is 1. The zero-order valence-electron chi connectivity index (χ0n) is 12.8. The number of nitrogens with zero attached hydrogens (tertiary/aromatic N) is 1. The van der Waals surface area contributed by atoms with E-state index >= 15 is 0 Å². The second kappa shape index (κ2) is 10.1. The fourth-order valence-electron chi connectivity index (χ4n) is 1.82. The summed E-state index contributed by atoms with van der Waals surface area (Å²) in [7, 11) is -3.85. The van der Waals surface area contributed by atoms with Crippen LogP contribution in [0.4, 0.5) is 0 Å². The zero-order chi connectivity index (χ0) is 18.3. The van der Waals surface area contributed by atoms with Crippen molar-refractivity contribution < 1.29 is 50.1 Å². The molecular weight excluding hydrogens is 406 g/mol. The topological polar surface area (TPSA) is 167 Å². The van der Waals surface area contributed by atoms with Crippen molar-refractivity contribution in [2.75, 3.05) is 26.2 Å². The number of nitrogens with two attached hydrogens (primary N) is 1. The van der Waals surface area contributed by atoms with Crippen LogP contribution in [-0.2, 0) is 36.7 Å². The van der Waals surface area contributed by atoms with Crippen molar-refractivity contribution in [2.45, 2.75) is 4.90 Å². The molecule has 0 heterocycles. The van der Waals surface area contributed by atoms with Crippen LogP contribution < -0.4 is 10.5 Å². The summed E-state index contributed by atoms with van der Waals surface area (Å²) in [5, 5.41) is 24.8. The van der Waals surface area contributed by atoms with Crippen molar-refractivity contribution in [1.29, 1.82) is 0 Å². The first-order chi connectivity index (χ1) is 11.1. The fourth-order valence-corrected chi connectivity index (χ4v) is 2.34. The molecule has 0 radical (unpaired) electrons. The van der Waals surface area contributed by atoms with Gasteiger partial charge in [0.05, 0.1) is 18.0 Å². The minimum absolute atomic E-state index is 0.